The van der Waals surface area contributed by atoms with Crippen molar-refractivity contribution in [2.24, 2.45) is 5.73 Å². The fraction of sp³-hybridized carbons (Fsp3) is 0.500. The summed E-state index contributed by atoms with van der Waals surface area (Å²) in [6, 6.07) is 5.39. The van der Waals surface area contributed by atoms with Gasteiger partial charge in [-0.25, -0.2) is 0 Å². The summed E-state index contributed by atoms with van der Waals surface area (Å²) in [5, 5.41) is 8.83. The molecule has 1 aliphatic rings. The van der Waals surface area contributed by atoms with Gasteiger partial charge in [0.15, 0.2) is 0 Å². The molecule has 0 radical (unpaired) electrons. The van der Waals surface area contributed by atoms with E-state index in [0.29, 0.717) is 25.3 Å². The molecule has 0 saturated carbocycles. The number of nitrogens with zero attached hydrogens (tertiary/aromatic N) is 3. The Labute approximate surface area is 121 Å². The molecule has 1 fully saturated rings. The third kappa shape index (κ3) is 3.28. The molecular weight excluding hydrogens is 281 g/mol. The molecule has 0 aliphatic carbocycles. The number of rotatable bonds is 2. The summed E-state index contributed by atoms with van der Waals surface area (Å²) >= 11 is 0. The molecule has 1 aliphatic heterocycles. The van der Waals surface area contributed by atoms with Crippen LogP contribution >= 0.6 is 0 Å². The van der Waals surface area contributed by atoms with Crippen LogP contribution in [-0.4, -0.2) is 44.2 Å². The van der Waals surface area contributed by atoms with E-state index in [1.54, 1.807) is 12.1 Å². The number of halogens is 3. The Hall–Kier alpha value is -1.78. The predicted molar refractivity (Wildman–Crippen MR) is 73.8 cm³/mol. The molecule has 7 heteroatoms. The molecule has 0 amide bonds. The maximum Gasteiger partial charge on any atom is 0.417 e. The number of nitrogens with two attached hydrogens (primary N) is 1. The Morgan fingerprint density at radius 3 is 2.67 bits per heavy atom. The summed E-state index contributed by atoms with van der Waals surface area (Å²) < 4.78 is 39.1. The highest BCUT2D eigenvalue weighted by Crippen LogP contribution is 2.35. The van der Waals surface area contributed by atoms with Gasteiger partial charge >= 0.3 is 6.18 Å². The van der Waals surface area contributed by atoms with Gasteiger partial charge in [-0.2, -0.15) is 18.4 Å². The van der Waals surface area contributed by atoms with E-state index in [4.69, 9.17) is 11.0 Å². The summed E-state index contributed by atoms with van der Waals surface area (Å²) in [6.45, 7) is 2.45. The molecule has 1 aromatic carbocycles. The van der Waals surface area contributed by atoms with E-state index in [9.17, 15) is 13.2 Å². The zero-order valence-electron chi connectivity index (χ0n) is 11.7. The van der Waals surface area contributed by atoms with Gasteiger partial charge < -0.3 is 15.5 Å². The Morgan fingerprint density at radius 2 is 2.10 bits per heavy atom. The number of piperazine rings is 1. The van der Waals surface area contributed by atoms with Crippen molar-refractivity contribution in [3.63, 3.8) is 0 Å². The molecule has 4 nitrogen and oxygen atoms in total. The van der Waals surface area contributed by atoms with Gasteiger partial charge in [0.2, 0.25) is 0 Å². The number of likely N-dealkylation sites (N-methyl/N-ethyl adjacent to an activating group) is 1. The topological polar surface area (TPSA) is 56.3 Å². The van der Waals surface area contributed by atoms with Crippen molar-refractivity contribution < 1.29 is 13.2 Å². The SMILES string of the molecule is CN1CCN(c2ccc(C#N)c(C(F)(F)F)c2)C(CN)C1. The van der Waals surface area contributed by atoms with Crippen LogP contribution in [0.2, 0.25) is 0 Å². The van der Waals surface area contributed by atoms with Crippen molar-refractivity contribution >= 4 is 5.69 Å². The summed E-state index contributed by atoms with van der Waals surface area (Å²) in [5.41, 5.74) is 4.94. The van der Waals surface area contributed by atoms with E-state index in [1.165, 1.54) is 6.07 Å². The van der Waals surface area contributed by atoms with Gasteiger partial charge in [-0.15, -0.1) is 0 Å². The molecule has 114 valence electrons. The second-order valence-corrected chi connectivity index (χ2v) is 5.18. The van der Waals surface area contributed by atoms with Crippen LogP contribution < -0.4 is 10.6 Å². The molecule has 1 heterocycles. The van der Waals surface area contributed by atoms with Gasteiger partial charge in [-0.05, 0) is 25.2 Å². The second-order valence-electron chi connectivity index (χ2n) is 5.18. The Bertz CT molecular complexity index is 550. The first-order valence-electron chi connectivity index (χ1n) is 6.63. The number of hydrogen-bond acceptors (Lipinski definition) is 4. The maximum absolute atomic E-state index is 13.0. The maximum atomic E-state index is 13.0. The molecule has 1 saturated heterocycles. The standard InChI is InChI=1S/C14H17F3N4/c1-20-4-5-21(12(8-19)9-20)11-3-2-10(7-18)13(6-11)14(15,16)17/h2-3,6,12H,4-5,8-9,19H2,1H3. The first-order valence-corrected chi connectivity index (χ1v) is 6.63. The summed E-state index contributed by atoms with van der Waals surface area (Å²) in [6.07, 6.45) is -4.54. The average Bonchev–Trinajstić information content (AvgIpc) is 2.45. The van der Waals surface area contributed by atoms with Crippen LogP contribution in [0.3, 0.4) is 0 Å². The molecule has 2 N–H and O–H groups in total. The lowest BCUT2D eigenvalue weighted by Gasteiger charge is -2.41. The number of anilines is 1. The molecule has 1 unspecified atom stereocenters. The fourth-order valence-corrected chi connectivity index (χ4v) is 2.60. The fourth-order valence-electron chi connectivity index (χ4n) is 2.60. The Balaban J connectivity index is 2.38. The van der Waals surface area contributed by atoms with Crippen molar-refractivity contribution in [1.82, 2.24) is 4.90 Å². The Morgan fingerprint density at radius 1 is 1.38 bits per heavy atom. The van der Waals surface area contributed by atoms with E-state index in [1.807, 2.05) is 11.9 Å². The summed E-state index contributed by atoms with van der Waals surface area (Å²) in [7, 11) is 1.96. The van der Waals surface area contributed by atoms with Crippen LogP contribution in [-0.2, 0) is 6.18 Å². The molecular formula is C14H17F3N4. The number of hydrogen-bond donors (Lipinski definition) is 1. The minimum Gasteiger partial charge on any atom is -0.365 e. The molecule has 0 spiro atoms. The van der Waals surface area contributed by atoms with Gasteiger partial charge in [0.1, 0.15) is 0 Å². The molecule has 0 aromatic heterocycles. The molecule has 1 aromatic rings. The minimum absolute atomic E-state index is 0.0298. The summed E-state index contributed by atoms with van der Waals surface area (Å²) in [5.74, 6) is 0. The monoisotopic (exact) mass is 298 g/mol. The number of benzene rings is 1. The van der Waals surface area contributed by atoms with Crippen molar-refractivity contribution in [2.75, 3.05) is 38.1 Å². The third-order valence-electron chi connectivity index (χ3n) is 3.72. The highest BCUT2D eigenvalue weighted by molar-refractivity contribution is 5.55. The first-order chi connectivity index (χ1) is 9.86. The van der Waals surface area contributed by atoms with E-state index in [0.717, 1.165) is 12.6 Å². The zero-order valence-corrected chi connectivity index (χ0v) is 11.7. The lowest BCUT2D eigenvalue weighted by atomic mass is 10.0. The van der Waals surface area contributed by atoms with Crippen molar-refractivity contribution in [2.45, 2.75) is 12.2 Å². The normalized spacial score (nSPS) is 20.4. The molecule has 21 heavy (non-hydrogen) atoms. The quantitative estimate of drug-likeness (QED) is 0.902. The smallest absolute Gasteiger partial charge is 0.365 e. The Kier molecular flexibility index (Phi) is 4.40. The van der Waals surface area contributed by atoms with Crippen molar-refractivity contribution in [3.05, 3.63) is 29.3 Å². The molecule has 1 atom stereocenters. The van der Waals surface area contributed by atoms with Crippen LogP contribution in [0.25, 0.3) is 0 Å². The highest BCUT2D eigenvalue weighted by Gasteiger charge is 2.35. The van der Waals surface area contributed by atoms with Crippen LogP contribution in [0.4, 0.5) is 18.9 Å². The highest BCUT2D eigenvalue weighted by atomic mass is 19.4. The second kappa shape index (κ2) is 5.92. The number of alkyl halides is 3. The molecule has 0 bridgehead atoms. The van der Waals surface area contributed by atoms with E-state index in [-0.39, 0.29) is 11.6 Å². The lowest BCUT2D eigenvalue weighted by Crippen LogP contribution is -2.55. The number of nitriles is 1. The van der Waals surface area contributed by atoms with Crippen LogP contribution in [0.15, 0.2) is 18.2 Å². The van der Waals surface area contributed by atoms with Gasteiger partial charge in [0.25, 0.3) is 0 Å². The van der Waals surface area contributed by atoms with Crippen LogP contribution in [0.5, 0.6) is 0 Å². The largest absolute Gasteiger partial charge is 0.417 e. The lowest BCUT2D eigenvalue weighted by molar-refractivity contribution is -0.137. The van der Waals surface area contributed by atoms with E-state index >= 15 is 0 Å². The van der Waals surface area contributed by atoms with Gasteiger partial charge in [-0.1, -0.05) is 0 Å². The van der Waals surface area contributed by atoms with Crippen LogP contribution in [0.1, 0.15) is 11.1 Å². The minimum atomic E-state index is -4.54. The average molecular weight is 298 g/mol. The van der Waals surface area contributed by atoms with Gasteiger partial charge in [0.05, 0.1) is 23.2 Å². The van der Waals surface area contributed by atoms with Crippen molar-refractivity contribution in [3.8, 4) is 6.07 Å². The van der Waals surface area contributed by atoms with Gasteiger partial charge in [0, 0.05) is 31.9 Å². The molecule has 2 rings (SSSR count). The van der Waals surface area contributed by atoms with E-state index in [2.05, 4.69) is 4.90 Å². The summed E-state index contributed by atoms with van der Waals surface area (Å²) in [4.78, 5) is 3.98. The first kappa shape index (κ1) is 15.6. The van der Waals surface area contributed by atoms with E-state index < -0.39 is 11.7 Å². The zero-order chi connectivity index (χ0) is 15.6. The van der Waals surface area contributed by atoms with Crippen molar-refractivity contribution in [1.29, 1.82) is 5.26 Å². The van der Waals surface area contributed by atoms with Gasteiger partial charge in [-0.3, -0.25) is 0 Å². The third-order valence-corrected chi connectivity index (χ3v) is 3.72. The van der Waals surface area contributed by atoms with Crippen LogP contribution in [0, 0.1) is 11.3 Å². The predicted octanol–water partition coefficient (Wildman–Crippen LogP) is 1.66.